The van der Waals surface area contributed by atoms with E-state index in [9.17, 15) is 15.0 Å². The van der Waals surface area contributed by atoms with Crippen LogP contribution >= 0.6 is 23.4 Å². The maximum absolute atomic E-state index is 12.8. The number of halogens is 1. The highest BCUT2D eigenvalue weighted by atomic mass is 35.5. The Balaban J connectivity index is 1.39. The van der Waals surface area contributed by atoms with E-state index in [0.717, 1.165) is 77.5 Å². The van der Waals surface area contributed by atoms with Crippen molar-refractivity contribution in [1.29, 1.82) is 0 Å². The molecule has 0 saturated carbocycles. The normalized spacial score (nSPS) is 14.6. The number of fused-ring (bicyclic) bond motifs is 8. The van der Waals surface area contributed by atoms with Gasteiger partial charge in [0.05, 0.1) is 47.4 Å². The lowest BCUT2D eigenvalue weighted by atomic mass is 9.97. The molecule has 0 unspecified atom stereocenters. The monoisotopic (exact) mass is 698 g/mol. The van der Waals surface area contributed by atoms with Crippen LogP contribution in [0.25, 0.3) is 32.8 Å². The smallest absolute Gasteiger partial charge is 0.352 e. The number of aliphatic hydroxyl groups is 1. The number of thioether (sulfide) groups is 1. The van der Waals surface area contributed by atoms with Crippen LogP contribution < -0.4 is 4.74 Å². The number of aliphatic hydroxyl groups excluding tert-OH is 1. The molecule has 7 rings (SSSR count). The van der Waals surface area contributed by atoms with Crippen molar-refractivity contribution in [3.05, 3.63) is 93.7 Å². The molecule has 6 aromatic rings. The van der Waals surface area contributed by atoms with Gasteiger partial charge in [0.15, 0.2) is 0 Å². The first-order valence-electron chi connectivity index (χ1n) is 16.3. The van der Waals surface area contributed by atoms with Crippen molar-refractivity contribution < 1.29 is 19.7 Å². The number of carbonyl (C=O) groups is 1. The molecule has 1 aliphatic heterocycles. The maximum atomic E-state index is 12.8. The number of carboxylic acids is 1. The van der Waals surface area contributed by atoms with Crippen molar-refractivity contribution in [1.82, 2.24) is 29.0 Å². The fraction of sp³-hybridized carbons (Fsp3) is 0.324. The van der Waals surface area contributed by atoms with E-state index in [1.807, 2.05) is 54.6 Å². The molecular weight excluding hydrogens is 660 g/mol. The van der Waals surface area contributed by atoms with Gasteiger partial charge in [-0.2, -0.15) is 10.2 Å². The topological polar surface area (TPSA) is 111 Å². The summed E-state index contributed by atoms with van der Waals surface area (Å²) < 4.78 is 12.0. The predicted molar refractivity (Wildman–Crippen MR) is 194 cm³/mol. The van der Waals surface area contributed by atoms with E-state index in [-0.39, 0.29) is 12.3 Å². The van der Waals surface area contributed by atoms with Gasteiger partial charge in [-0.1, -0.05) is 41.9 Å². The van der Waals surface area contributed by atoms with E-state index in [1.54, 1.807) is 23.4 Å². The molecule has 0 atom stereocenters. The van der Waals surface area contributed by atoms with Crippen LogP contribution in [-0.4, -0.2) is 65.5 Å². The zero-order valence-corrected chi connectivity index (χ0v) is 29.6. The largest absolute Gasteiger partial charge is 0.493 e. The van der Waals surface area contributed by atoms with E-state index in [1.165, 1.54) is 0 Å². The van der Waals surface area contributed by atoms with Crippen LogP contribution in [0.5, 0.6) is 5.75 Å². The molecule has 4 heterocycles. The summed E-state index contributed by atoms with van der Waals surface area (Å²) in [6, 6.07) is 18.4. The summed E-state index contributed by atoms with van der Waals surface area (Å²) in [6.07, 6.45) is 1.12. The molecule has 3 aromatic carbocycles. The minimum absolute atomic E-state index is 0.0753. The molecule has 12 heteroatoms. The molecular formula is C37H39ClN6O4S. The molecule has 0 radical (unpaired) electrons. The minimum Gasteiger partial charge on any atom is -0.493 e. The second-order valence-corrected chi connectivity index (χ2v) is 14.1. The van der Waals surface area contributed by atoms with E-state index in [0.29, 0.717) is 44.1 Å². The Kier molecular flexibility index (Phi) is 9.19. The quantitative estimate of drug-likeness (QED) is 0.207. The van der Waals surface area contributed by atoms with Crippen LogP contribution in [0.1, 0.15) is 45.2 Å². The first-order valence-corrected chi connectivity index (χ1v) is 17.7. The Morgan fingerprint density at radius 3 is 2.63 bits per heavy atom. The molecule has 0 aliphatic carbocycles. The van der Waals surface area contributed by atoms with Crippen LogP contribution in [0.2, 0.25) is 5.02 Å². The Hall–Kier alpha value is -4.29. The minimum atomic E-state index is -0.996. The summed E-state index contributed by atoms with van der Waals surface area (Å²) in [7, 11) is 5.81. The van der Waals surface area contributed by atoms with Gasteiger partial charge in [-0.3, -0.25) is 14.3 Å². The van der Waals surface area contributed by atoms with Crippen LogP contribution in [0.3, 0.4) is 0 Å². The van der Waals surface area contributed by atoms with Crippen LogP contribution in [-0.2, 0) is 45.9 Å². The highest BCUT2D eigenvalue weighted by molar-refractivity contribution is 7.98. The third-order valence-corrected chi connectivity index (χ3v) is 10.6. The van der Waals surface area contributed by atoms with E-state index < -0.39 is 5.97 Å². The van der Waals surface area contributed by atoms with Gasteiger partial charge >= 0.3 is 5.97 Å². The second kappa shape index (κ2) is 13.5. The fourth-order valence-corrected chi connectivity index (χ4v) is 8.40. The molecule has 49 heavy (non-hydrogen) atoms. The lowest BCUT2D eigenvalue weighted by molar-refractivity contribution is 0.0685. The van der Waals surface area contributed by atoms with Crippen molar-refractivity contribution in [2.45, 2.75) is 50.0 Å². The van der Waals surface area contributed by atoms with Crippen molar-refractivity contribution >= 4 is 51.0 Å². The van der Waals surface area contributed by atoms with Crippen molar-refractivity contribution in [3.63, 3.8) is 0 Å². The lowest BCUT2D eigenvalue weighted by Crippen LogP contribution is -2.21. The standard InChI is InChI=1S/C37H39ClN6O4S/c1-22-33-31(44(39-22)13-14-45)20-41(2)19-24-17-25(43(4)40-24)21-49-26-16-23-8-5-6-9-27(23)32(18-26)48-15-7-10-28-29-11-12-30(38)34(33)35(29)42(3)36(28)37(46)47/h5-6,8-9,11-12,16-18,45H,7,10,13-15,19-21H2,1-4H3,(H,46,47). The SMILES string of the molecule is Cc1nn(CCO)c2c1-c1c(Cl)ccc3c(c(C(=O)O)n(C)c13)CCCOc1cc(cc3ccccc13)SCc1cc(nn1C)CN(C)C2. The van der Waals surface area contributed by atoms with Gasteiger partial charge in [-0.15, -0.1) is 11.8 Å². The number of nitrogens with zero attached hydrogens (tertiary/aromatic N) is 6. The lowest BCUT2D eigenvalue weighted by Gasteiger charge is -2.19. The highest BCUT2D eigenvalue weighted by Gasteiger charge is 2.28. The van der Waals surface area contributed by atoms with Crippen molar-refractivity contribution in [2.24, 2.45) is 14.1 Å². The number of carboxylic acid groups (broad SMARTS) is 1. The highest BCUT2D eigenvalue weighted by Crippen LogP contribution is 2.42. The first-order chi connectivity index (χ1) is 23.6. The molecule has 10 nitrogen and oxygen atoms in total. The number of aryl methyl sites for hydroxylation is 4. The molecule has 1 aliphatic rings. The van der Waals surface area contributed by atoms with Crippen LogP contribution in [0.15, 0.2) is 59.5 Å². The Bertz CT molecular complexity index is 2220. The summed E-state index contributed by atoms with van der Waals surface area (Å²) in [5, 5.41) is 33.6. The zero-order chi connectivity index (χ0) is 34.4. The summed E-state index contributed by atoms with van der Waals surface area (Å²) in [6.45, 7) is 3.69. The predicted octanol–water partition coefficient (Wildman–Crippen LogP) is 6.83. The number of rotatable bonds is 3. The molecule has 254 valence electrons. The molecule has 0 saturated heterocycles. The van der Waals surface area contributed by atoms with Crippen LogP contribution in [0, 0.1) is 6.92 Å². The van der Waals surface area contributed by atoms with Gasteiger partial charge in [0, 0.05) is 65.4 Å². The third kappa shape index (κ3) is 6.20. The van der Waals surface area contributed by atoms with E-state index in [4.69, 9.17) is 26.5 Å². The third-order valence-electron chi connectivity index (χ3n) is 9.30. The average molecular weight is 699 g/mol. The van der Waals surface area contributed by atoms with Crippen LogP contribution in [0.4, 0.5) is 0 Å². The maximum Gasteiger partial charge on any atom is 0.352 e. The van der Waals surface area contributed by atoms with Gasteiger partial charge in [-0.25, -0.2) is 4.79 Å². The number of benzene rings is 3. The van der Waals surface area contributed by atoms with Gasteiger partial charge < -0.3 is 19.5 Å². The first kappa shape index (κ1) is 33.2. The molecule has 3 aromatic heterocycles. The van der Waals surface area contributed by atoms with Gasteiger partial charge in [-0.05, 0) is 62.0 Å². The van der Waals surface area contributed by atoms with E-state index >= 15 is 0 Å². The summed E-state index contributed by atoms with van der Waals surface area (Å²) >= 11 is 8.78. The van der Waals surface area contributed by atoms with Crippen molar-refractivity contribution in [2.75, 3.05) is 20.3 Å². The molecule has 0 fully saturated rings. The zero-order valence-electron chi connectivity index (χ0n) is 28.0. The number of hydrogen-bond acceptors (Lipinski definition) is 7. The second-order valence-electron chi connectivity index (χ2n) is 12.7. The molecule has 0 spiro atoms. The molecule has 0 amide bonds. The number of aromatic carboxylic acids is 1. The van der Waals surface area contributed by atoms with Gasteiger partial charge in [0.1, 0.15) is 11.4 Å². The Labute approximate surface area is 293 Å². The fourth-order valence-electron chi connectivity index (χ4n) is 7.17. The van der Waals surface area contributed by atoms with E-state index in [2.05, 4.69) is 35.2 Å². The molecule has 8 bridgehead atoms. The number of aromatic nitrogens is 5. The van der Waals surface area contributed by atoms with Gasteiger partial charge in [0.2, 0.25) is 0 Å². The Morgan fingerprint density at radius 2 is 1.84 bits per heavy atom. The van der Waals surface area contributed by atoms with Crippen molar-refractivity contribution in [3.8, 4) is 16.9 Å². The summed E-state index contributed by atoms with van der Waals surface area (Å²) in [5.41, 5.74) is 7.01. The summed E-state index contributed by atoms with van der Waals surface area (Å²) in [5.74, 6) is 0.560. The summed E-state index contributed by atoms with van der Waals surface area (Å²) in [4.78, 5) is 16.1. The number of hydrogen-bond donors (Lipinski definition) is 2. The average Bonchev–Trinajstić information content (AvgIpc) is 3.67. The van der Waals surface area contributed by atoms with Gasteiger partial charge in [0.25, 0.3) is 0 Å². The Morgan fingerprint density at radius 1 is 1.02 bits per heavy atom. The molecule has 2 N–H and O–H groups in total. The number of ether oxygens (including phenoxy) is 1.